The molecule has 2 unspecified atom stereocenters. The lowest BCUT2D eigenvalue weighted by atomic mass is 9.93. The Morgan fingerprint density at radius 3 is 2.67 bits per heavy atom. The number of carbonyl (C=O) groups excluding carboxylic acids is 3. The van der Waals surface area contributed by atoms with Crippen LogP contribution in [-0.2, 0) is 22.6 Å². The first-order chi connectivity index (χ1) is 14.6. The molecule has 0 spiro atoms. The number of methoxy groups -OCH3 is 1. The van der Waals surface area contributed by atoms with Gasteiger partial charge in [-0.25, -0.2) is 9.59 Å². The van der Waals surface area contributed by atoms with E-state index in [0.29, 0.717) is 12.1 Å². The summed E-state index contributed by atoms with van der Waals surface area (Å²) in [6.07, 6.45) is 5.00. The van der Waals surface area contributed by atoms with Crippen molar-refractivity contribution in [2.75, 3.05) is 13.7 Å². The predicted molar refractivity (Wildman–Crippen MR) is 108 cm³/mol. The van der Waals surface area contributed by atoms with Gasteiger partial charge in [-0.15, -0.1) is 0 Å². The maximum Gasteiger partial charge on any atom is 0.337 e. The van der Waals surface area contributed by atoms with Crippen LogP contribution in [0.2, 0.25) is 0 Å². The average Bonchev–Trinajstić information content (AvgIpc) is 2.80. The molecule has 0 saturated carbocycles. The summed E-state index contributed by atoms with van der Waals surface area (Å²) < 4.78 is 4.74. The molecule has 0 bridgehead atoms. The minimum absolute atomic E-state index is 0.189. The van der Waals surface area contributed by atoms with Crippen molar-refractivity contribution in [3.05, 3.63) is 65.5 Å². The van der Waals surface area contributed by atoms with Crippen molar-refractivity contribution >= 4 is 17.9 Å². The smallest absolute Gasteiger partial charge is 0.337 e. The van der Waals surface area contributed by atoms with Crippen LogP contribution in [0.3, 0.4) is 0 Å². The van der Waals surface area contributed by atoms with Crippen LogP contribution in [0.5, 0.6) is 0 Å². The van der Waals surface area contributed by atoms with Gasteiger partial charge in [0, 0.05) is 18.9 Å². The van der Waals surface area contributed by atoms with E-state index in [9.17, 15) is 14.4 Å². The van der Waals surface area contributed by atoms with E-state index in [2.05, 4.69) is 10.3 Å². The van der Waals surface area contributed by atoms with Crippen LogP contribution >= 0.6 is 0 Å². The minimum Gasteiger partial charge on any atom is -0.465 e. The van der Waals surface area contributed by atoms with E-state index in [-0.39, 0.29) is 24.5 Å². The van der Waals surface area contributed by atoms with Crippen LogP contribution in [0.15, 0.2) is 48.8 Å². The zero-order chi connectivity index (χ0) is 21.1. The topological polar surface area (TPSA) is 91.8 Å². The van der Waals surface area contributed by atoms with Gasteiger partial charge in [0.15, 0.2) is 0 Å². The molecule has 30 heavy (non-hydrogen) atoms. The normalized spacial score (nSPS) is 21.4. The van der Waals surface area contributed by atoms with Gasteiger partial charge in [-0.3, -0.25) is 14.7 Å². The number of amides is 3. The van der Waals surface area contributed by atoms with Crippen LogP contribution in [0.4, 0.5) is 4.79 Å². The van der Waals surface area contributed by atoms with Gasteiger partial charge in [0.2, 0.25) is 5.91 Å². The molecule has 0 radical (unpaired) electrons. The lowest BCUT2D eigenvalue weighted by Crippen LogP contribution is -2.68. The van der Waals surface area contributed by atoms with Crippen molar-refractivity contribution in [3.63, 3.8) is 0 Å². The second-order valence-electron chi connectivity index (χ2n) is 7.53. The summed E-state index contributed by atoms with van der Waals surface area (Å²) >= 11 is 0. The van der Waals surface area contributed by atoms with E-state index in [1.807, 2.05) is 18.2 Å². The van der Waals surface area contributed by atoms with E-state index in [1.165, 1.54) is 12.0 Å². The third-order valence-electron chi connectivity index (χ3n) is 5.63. The van der Waals surface area contributed by atoms with Gasteiger partial charge in [-0.2, -0.15) is 0 Å². The monoisotopic (exact) mass is 408 g/mol. The zero-order valence-electron chi connectivity index (χ0n) is 16.8. The van der Waals surface area contributed by atoms with E-state index in [0.717, 1.165) is 30.5 Å². The van der Waals surface area contributed by atoms with E-state index >= 15 is 0 Å². The van der Waals surface area contributed by atoms with Crippen molar-refractivity contribution in [3.8, 4) is 0 Å². The van der Waals surface area contributed by atoms with Crippen molar-refractivity contribution in [2.45, 2.75) is 38.0 Å². The van der Waals surface area contributed by atoms with Gasteiger partial charge < -0.3 is 15.0 Å². The van der Waals surface area contributed by atoms with Crippen LogP contribution in [-0.4, -0.2) is 58.4 Å². The lowest BCUT2D eigenvalue weighted by molar-refractivity contribution is -0.137. The van der Waals surface area contributed by atoms with Gasteiger partial charge in [-0.05, 0) is 48.7 Å². The predicted octanol–water partition coefficient (Wildman–Crippen LogP) is 1.95. The van der Waals surface area contributed by atoms with Crippen LogP contribution in [0.1, 0.15) is 34.3 Å². The Morgan fingerprint density at radius 1 is 1.17 bits per heavy atom. The summed E-state index contributed by atoms with van der Waals surface area (Å²) in [5.74, 6) is -0.591. The number of imide groups is 1. The van der Waals surface area contributed by atoms with Gasteiger partial charge in [0.1, 0.15) is 6.04 Å². The number of pyridine rings is 1. The summed E-state index contributed by atoms with van der Waals surface area (Å²) in [4.78, 5) is 45.2. The lowest BCUT2D eigenvalue weighted by Gasteiger charge is -2.47. The van der Waals surface area contributed by atoms with E-state index in [1.54, 1.807) is 35.5 Å². The van der Waals surface area contributed by atoms with Crippen LogP contribution in [0.25, 0.3) is 0 Å². The largest absolute Gasteiger partial charge is 0.465 e. The van der Waals surface area contributed by atoms with Crippen LogP contribution in [0, 0.1) is 0 Å². The third-order valence-corrected chi connectivity index (χ3v) is 5.63. The number of nitrogens with one attached hydrogen (secondary N) is 1. The molecular weight excluding hydrogens is 384 g/mol. The molecule has 8 nitrogen and oxygen atoms in total. The van der Waals surface area contributed by atoms with Crippen LogP contribution < -0.4 is 5.32 Å². The number of rotatable bonds is 5. The van der Waals surface area contributed by atoms with Crippen molar-refractivity contribution in [1.29, 1.82) is 0 Å². The molecule has 2 aromatic rings. The molecule has 156 valence electrons. The molecule has 1 aromatic carbocycles. The Hall–Kier alpha value is -3.26. The Morgan fingerprint density at radius 2 is 1.97 bits per heavy atom. The van der Waals surface area contributed by atoms with Gasteiger partial charge in [0.25, 0.3) is 0 Å². The number of aromatic nitrogens is 1. The highest BCUT2D eigenvalue weighted by Crippen LogP contribution is 2.27. The first kappa shape index (κ1) is 20.0. The van der Waals surface area contributed by atoms with Gasteiger partial charge in [-0.1, -0.05) is 18.2 Å². The highest BCUT2D eigenvalue weighted by molar-refractivity contribution is 6.00. The molecule has 2 saturated heterocycles. The van der Waals surface area contributed by atoms with Crippen molar-refractivity contribution in [2.24, 2.45) is 0 Å². The minimum atomic E-state index is -0.414. The number of hydrogen-bond donors (Lipinski definition) is 1. The molecule has 2 atom stereocenters. The summed E-state index contributed by atoms with van der Waals surface area (Å²) in [5.41, 5.74) is 2.14. The number of benzene rings is 1. The number of fused-ring (bicyclic) bond motifs is 1. The number of hydrogen-bond acceptors (Lipinski definition) is 6. The number of piperidine rings is 1. The highest BCUT2D eigenvalue weighted by Gasteiger charge is 2.46. The Kier molecular flexibility index (Phi) is 5.76. The fraction of sp³-hybridized carbons (Fsp3) is 0.364. The molecule has 3 amide bonds. The summed E-state index contributed by atoms with van der Waals surface area (Å²) in [7, 11) is 1.34. The molecule has 4 rings (SSSR count). The SMILES string of the molecule is COC(=O)c1ccc(CN2C(=O)N(Cc3cccnc3)C(=O)C3NCCCC32)cc1. The summed E-state index contributed by atoms with van der Waals surface area (Å²) in [5, 5.41) is 3.29. The van der Waals surface area contributed by atoms with Crippen molar-refractivity contribution < 1.29 is 19.1 Å². The zero-order valence-corrected chi connectivity index (χ0v) is 16.8. The molecule has 8 heteroatoms. The number of carbonyl (C=O) groups is 3. The van der Waals surface area contributed by atoms with Crippen molar-refractivity contribution in [1.82, 2.24) is 20.1 Å². The van der Waals surface area contributed by atoms with Gasteiger partial charge >= 0.3 is 12.0 Å². The standard InChI is InChI=1S/C22H24N4O4/c1-30-21(28)17-8-6-15(7-9-17)13-25-18-5-3-11-24-19(18)20(27)26(22(25)29)14-16-4-2-10-23-12-16/h2,4,6-10,12,18-19,24H,3,5,11,13-14H2,1H3. The first-order valence-electron chi connectivity index (χ1n) is 10.00. The molecule has 2 fully saturated rings. The number of urea groups is 1. The number of ether oxygens (including phenoxy) is 1. The number of nitrogens with zero attached hydrogens (tertiary/aromatic N) is 3. The average molecular weight is 408 g/mol. The Balaban J connectivity index is 1.58. The molecule has 3 heterocycles. The van der Waals surface area contributed by atoms with E-state index in [4.69, 9.17) is 4.74 Å². The fourth-order valence-electron chi connectivity index (χ4n) is 4.08. The second-order valence-corrected chi connectivity index (χ2v) is 7.53. The highest BCUT2D eigenvalue weighted by atomic mass is 16.5. The van der Waals surface area contributed by atoms with Gasteiger partial charge in [0.05, 0.1) is 25.3 Å². The molecule has 1 N–H and O–H groups in total. The molecule has 2 aliphatic heterocycles. The maximum absolute atomic E-state index is 13.3. The fourth-order valence-corrected chi connectivity index (χ4v) is 4.08. The van der Waals surface area contributed by atoms with E-state index < -0.39 is 12.0 Å². The first-order valence-corrected chi connectivity index (χ1v) is 10.00. The Labute approximate surface area is 174 Å². The molecular formula is C22H24N4O4. The molecule has 0 aliphatic carbocycles. The second kappa shape index (κ2) is 8.62. The maximum atomic E-state index is 13.3. The number of esters is 1. The quantitative estimate of drug-likeness (QED) is 0.761. The Bertz CT molecular complexity index is 932. The molecule has 1 aromatic heterocycles. The third kappa shape index (κ3) is 3.91. The summed E-state index contributed by atoms with van der Waals surface area (Å²) in [6.45, 7) is 1.30. The molecule has 2 aliphatic rings. The summed E-state index contributed by atoms with van der Waals surface area (Å²) in [6, 6.07) is 9.73.